The first-order valence-electron chi connectivity index (χ1n) is 16.6. The molecule has 2 saturated heterocycles. The van der Waals surface area contributed by atoms with Crippen LogP contribution < -0.4 is 9.64 Å². The third kappa shape index (κ3) is 11.2. The van der Waals surface area contributed by atoms with Crippen LogP contribution >= 0.6 is 0 Å². The number of piperidine rings is 2. The number of ketones is 1. The second-order valence-electron chi connectivity index (χ2n) is 12.9. The summed E-state index contributed by atoms with van der Waals surface area (Å²) in [7, 11) is 0. The van der Waals surface area contributed by atoms with Crippen LogP contribution in [0.3, 0.4) is 0 Å². The Hall–Kier alpha value is -4.05. The van der Waals surface area contributed by atoms with Crippen LogP contribution in [0.5, 0.6) is 5.75 Å². The first kappa shape index (κ1) is 37.8. The van der Waals surface area contributed by atoms with Crippen molar-refractivity contribution in [3.8, 4) is 5.75 Å². The van der Waals surface area contributed by atoms with Gasteiger partial charge in [0.05, 0.1) is 11.1 Å². The van der Waals surface area contributed by atoms with Gasteiger partial charge in [0.15, 0.2) is 5.78 Å². The van der Waals surface area contributed by atoms with Crippen LogP contribution in [0.25, 0.3) is 6.08 Å². The van der Waals surface area contributed by atoms with Gasteiger partial charge in [-0.3, -0.25) is 9.69 Å². The van der Waals surface area contributed by atoms with Gasteiger partial charge in [0.25, 0.3) is 0 Å². The molecule has 0 amide bonds. The molecule has 2 aliphatic rings. The van der Waals surface area contributed by atoms with Crippen LogP contribution in [0.15, 0.2) is 85.0 Å². The van der Waals surface area contributed by atoms with E-state index in [2.05, 4.69) is 23.3 Å². The zero-order valence-electron chi connectivity index (χ0n) is 28.2. The van der Waals surface area contributed by atoms with E-state index >= 15 is 0 Å². The fraction of sp³-hybridized carbons (Fsp3) is 0.410. The van der Waals surface area contributed by atoms with E-state index < -0.39 is 23.5 Å². The Bertz CT molecular complexity index is 1560. The molecule has 0 N–H and O–H groups in total. The molecule has 2 fully saturated rings. The molecule has 4 nitrogen and oxygen atoms in total. The number of carbonyl (C=O) groups is 1. The van der Waals surface area contributed by atoms with Gasteiger partial charge in [-0.15, -0.1) is 0 Å². The Labute approximate surface area is 285 Å². The summed E-state index contributed by atoms with van der Waals surface area (Å²) in [5.74, 6) is 1.46. The lowest BCUT2D eigenvalue weighted by molar-refractivity contribution is -0.138. The molecule has 0 spiro atoms. The van der Waals surface area contributed by atoms with E-state index in [1.807, 2.05) is 31.2 Å². The van der Waals surface area contributed by atoms with Gasteiger partial charge in [-0.1, -0.05) is 37.8 Å². The van der Waals surface area contributed by atoms with Crippen molar-refractivity contribution in [3.05, 3.63) is 113 Å². The molecule has 0 unspecified atom stereocenters. The van der Waals surface area contributed by atoms with E-state index in [1.165, 1.54) is 44.0 Å². The monoisotopic (exact) mass is 686 g/mol. The molecule has 0 atom stereocenters. The minimum Gasteiger partial charge on any atom is -0.490 e. The van der Waals surface area contributed by atoms with Gasteiger partial charge in [0.1, 0.15) is 11.9 Å². The molecule has 0 radical (unpaired) electrons. The molecular weight excluding hydrogens is 642 g/mol. The van der Waals surface area contributed by atoms with Gasteiger partial charge in [0.2, 0.25) is 0 Å². The minimum absolute atomic E-state index is 0.0249. The van der Waals surface area contributed by atoms with Gasteiger partial charge in [-0.05, 0) is 117 Å². The van der Waals surface area contributed by atoms with Crippen molar-refractivity contribution in [1.82, 2.24) is 4.90 Å². The van der Waals surface area contributed by atoms with Crippen LogP contribution in [0.1, 0.15) is 67.3 Å². The third-order valence-corrected chi connectivity index (χ3v) is 9.06. The lowest BCUT2D eigenvalue weighted by Gasteiger charge is -2.34. The molecule has 0 aliphatic carbocycles. The Morgan fingerprint density at radius 1 is 0.837 bits per heavy atom. The van der Waals surface area contributed by atoms with E-state index in [9.17, 15) is 31.1 Å². The first-order chi connectivity index (χ1) is 23.1. The van der Waals surface area contributed by atoms with Crippen molar-refractivity contribution < 1.29 is 35.9 Å². The van der Waals surface area contributed by atoms with Crippen molar-refractivity contribution in [2.24, 2.45) is 5.92 Å². The maximum atomic E-state index is 12.7. The second-order valence-corrected chi connectivity index (χ2v) is 12.9. The predicted octanol–water partition coefficient (Wildman–Crippen LogP) is 10.2. The Morgan fingerprint density at radius 2 is 1.39 bits per heavy atom. The van der Waals surface area contributed by atoms with Gasteiger partial charge < -0.3 is 9.64 Å². The zero-order chi connectivity index (χ0) is 35.8. The lowest BCUT2D eigenvalue weighted by atomic mass is 9.99. The van der Waals surface area contributed by atoms with E-state index in [1.54, 1.807) is 18.2 Å². The summed E-state index contributed by atoms with van der Waals surface area (Å²) >= 11 is 0. The lowest BCUT2D eigenvalue weighted by Crippen LogP contribution is -2.38. The van der Waals surface area contributed by atoms with E-state index in [0.717, 1.165) is 78.7 Å². The maximum absolute atomic E-state index is 12.7. The number of ether oxygens (including phenoxy) is 1. The highest BCUT2D eigenvalue weighted by Crippen LogP contribution is 2.32. The second kappa shape index (κ2) is 16.6. The summed E-state index contributed by atoms with van der Waals surface area (Å²) in [6.07, 6.45) is -1.27. The van der Waals surface area contributed by atoms with Crippen LogP contribution in [-0.2, 0) is 23.7 Å². The predicted molar refractivity (Wildman–Crippen MR) is 182 cm³/mol. The fourth-order valence-corrected chi connectivity index (χ4v) is 5.88. The number of hydrogen-bond donors (Lipinski definition) is 0. The van der Waals surface area contributed by atoms with Crippen molar-refractivity contribution in [1.29, 1.82) is 0 Å². The number of rotatable bonds is 8. The topological polar surface area (TPSA) is 32.8 Å². The molecule has 2 heterocycles. The normalized spacial score (nSPS) is 16.9. The molecule has 5 rings (SSSR count). The van der Waals surface area contributed by atoms with Crippen molar-refractivity contribution >= 4 is 17.5 Å². The van der Waals surface area contributed by atoms with Crippen LogP contribution in [-0.4, -0.2) is 43.0 Å². The molecule has 264 valence electrons. The number of carbonyl (C=O) groups excluding carboxylic acids is 1. The van der Waals surface area contributed by atoms with Gasteiger partial charge in [-0.25, -0.2) is 0 Å². The summed E-state index contributed by atoms with van der Waals surface area (Å²) < 4.78 is 81.6. The summed E-state index contributed by atoms with van der Waals surface area (Å²) in [4.78, 5) is 16.1. The zero-order valence-corrected chi connectivity index (χ0v) is 28.2. The smallest absolute Gasteiger partial charge is 0.416 e. The standard InChI is InChI=1S/C25H26F3NO2.C14H18F3N/c1-4-19(18(3)30)15-20-16-24(10-5-17(20)2)31-23-11-13-29(14-12-23)22-8-6-21(7-9-22)25(26,27)28;1-11-6-8-18(9-7-11)10-12-2-4-13(5-3-12)14(15,16)17/h4-10,15-16,23H,1,11-14H2,2-3H3;2-5,11H,6-10H2,1H3/b19-15+;. The molecule has 0 bridgehead atoms. The number of hydrogen-bond acceptors (Lipinski definition) is 4. The number of anilines is 1. The molecular formula is C39H44F6N2O2. The molecule has 2 aliphatic heterocycles. The fourth-order valence-electron chi connectivity index (χ4n) is 5.88. The summed E-state index contributed by atoms with van der Waals surface area (Å²) in [5, 5.41) is 0. The summed E-state index contributed by atoms with van der Waals surface area (Å²) in [6.45, 7) is 13.7. The van der Waals surface area contributed by atoms with E-state index in [0.29, 0.717) is 18.7 Å². The molecule has 10 heteroatoms. The third-order valence-electron chi connectivity index (χ3n) is 9.06. The molecule has 49 heavy (non-hydrogen) atoms. The minimum atomic E-state index is -4.32. The number of alkyl halides is 6. The van der Waals surface area contributed by atoms with Crippen molar-refractivity contribution in [3.63, 3.8) is 0 Å². The highest BCUT2D eigenvalue weighted by atomic mass is 19.4. The van der Waals surface area contributed by atoms with Crippen LogP contribution in [0.4, 0.5) is 32.0 Å². The van der Waals surface area contributed by atoms with Gasteiger partial charge >= 0.3 is 12.4 Å². The number of halogens is 6. The summed E-state index contributed by atoms with van der Waals surface area (Å²) in [6, 6.07) is 16.6. The van der Waals surface area contributed by atoms with E-state index in [4.69, 9.17) is 4.74 Å². The van der Waals surface area contributed by atoms with Crippen LogP contribution in [0.2, 0.25) is 0 Å². The quantitative estimate of drug-likeness (QED) is 0.134. The number of allylic oxidation sites excluding steroid dienone is 2. The molecule has 3 aromatic carbocycles. The average molecular weight is 687 g/mol. The van der Waals surface area contributed by atoms with E-state index in [-0.39, 0.29) is 11.9 Å². The first-order valence-corrected chi connectivity index (χ1v) is 16.6. The van der Waals surface area contributed by atoms with Crippen LogP contribution in [0, 0.1) is 12.8 Å². The summed E-state index contributed by atoms with van der Waals surface area (Å²) in [5.41, 5.74) is 3.02. The molecule has 3 aromatic rings. The molecule has 0 aromatic heterocycles. The number of likely N-dealkylation sites (tertiary alicyclic amines) is 1. The van der Waals surface area contributed by atoms with Gasteiger partial charge in [0, 0.05) is 43.7 Å². The Morgan fingerprint density at radius 3 is 1.90 bits per heavy atom. The number of aryl methyl sites for hydroxylation is 1. The Balaban J connectivity index is 0.000000254. The van der Waals surface area contributed by atoms with Gasteiger partial charge in [-0.2, -0.15) is 26.3 Å². The number of Topliss-reactive ketones (excluding diaryl/α,β-unsaturated/α-hetero) is 1. The largest absolute Gasteiger partial charge is 0.490 e. The van der Waals surface area contributed by atoms with Crippen molar-refractivity contribution in [2.75, 3.05) is 31.1 Å². The highest BCUT2D eigenvalue weighted by molar-refractivity contribution is 6.00. The number of nitrogens with zero attached hydrogens (tertiary/aromatic N) is 2. The highest BCUT2D eigenvalue weighted by Gasteiger charge is 2.31. The maximum Gasteiger partial charge on any atom is 0.416 e. The average Bonchev–Trinajstić information content (AvgIpc) is 3.06. The molecule has 0 saturated carbocycles. The van der Waals surface area contributed by atoms with Crippen molar-refractivity contribution in [2.45, 2.75) is 71.5 Å². The SMILES string of the molecule is C=C/C(=C\c1cc(OC2CCN(c3ccc(C(F)(F)F)cc3)CC2)ccc1C)C(C)=O.CC1CCN(Cc2ccc(C(F)(F)F)cc2)CC1. The number of benzene rings is 3. The Kier molecular flexibility index (Phi) is 12.8.